The Labute approximate surface area is 95.3 Å². The molecule has 0 aliphatic heterocycles. The number of nitriles is 1. The molecule has 2 unspecified atom stereocenters. The third-order valence-electron chi connectivity index (χ3n) is 3.19. The molecule has 0 radical (unpaired) electrons. The molecule has 0 aliphatic carbocycles. The lowest BCUT2D eigenvalue weighted by Crippen LogP contribution is -2.41. The summed E-state index contributed by atoms with van der Waals surface area (Å²) in [4.78, 5) is 2.52. The van der Waals surface area contributed by atoms with Gasteiger partial charge in [0.05, 0.1) is 12.5 Å². The van der Waals surface area contributed by atoms with E-state index < -0.39 is 0 Å². The zero-order valence-corrected chi connectivity index (χ0v) is 10.8. The third kappa shape index (κ3) is 5.18. The van der Waals surface area contributed by atoms with Gasteiger partial charge in [0.1, 0.15) is 0 Å². The second-order valence-electron chi connectivity index (χ2n) is 4.27. The minimum absolute atomic E-state index is 0.455. The van der Waals surface area contributed by atoms with E-state index in [1.807, 2.05) is 0 Å². The van der Waals surface area contributed by atoms with Crippen LogP contribution >= 0.6 is 0 Å². The van der Waals surface area contributed by atoms with Crippen molar-refractivity contribution in [3.8, 4) is 6.07 Å². The van der Waals surface area contributed by atoms with Crippen LogP contribution in [0.1, 0.15) is 59.8 Å². The van der Waals surface area contributed by atoms with Gasteiger partial charge in [0.2, 0.25) is 0 Å². The van der Waals surface area contributed by atoms with E-state index in [0.29, 0.717) is 18.5 Å². The van der Waals surface area contributed by atoms with Crippen LogP contribution in [-0.4, -0.2) is 23.5 Å². The fraction of sp³-hybridized carbons (Fsp3) is 0.923. The van der Waals surface area contributed by atoms with Crippen molar-refractivity contribution < 1.29 is 0 Å². The smallest absolute Gasteiger partial charge is 0.0638 e. The molecule has 15 heavy (non-hydrogen) atoms. The Bertz CT molecular complexity index is 183. The fourth-order valence-corrected chi connectivity index (χ4v) is 1.94. The quantitative estimate of drug-likeness (QED) is 0.612. The first-order chi connectivity index (χ1) is 7.21. The van der Waals surface area contributed by atoms with Crippen molar-refractivity contribution in [1.82, 2.24) is 4.90 Å². The van der Waals surface area contributed by atoms with Crippen LogP contribution in [0.4, 0.5) is 0 Å². The van der Waals surface area contributed by atoms with E-state index in [9.17, 15) is 0 Å². The summed E-state index contributed by atoms with van der Waals surface area (Å²) < 4.78 is 0. The molecule has 0 saturated heterocycles. The highest BCUT2D eigenvalue weighted by Crippen LogP contribution is 2.15. The molecule has 0 heterocycles. The summed E-state index contributed by atoms with van der Waals surface area (Å²) in [6, 6.07) is 3.37. The summed E-state index contributed by atoms with van der Waals surface area (Å²) in [7, 11) is 0. The van der Waals surface area contributed by atoms with E-state index >= 15 is 0 Å². The molecule has 88 valence electrons. The van der Waals surface area contributed by atoms with Crippen molar-refractivity contribution >= 4 is 0 Å². The van der Waals surface area contributed by atoms with Gasteiger partial charge in [0, 0.05) is 12.1 Å². The fourth-order valence-electron chi connectivity index (χ4n) is 1.94. The summed E-state index contributed by atoms with van der Waals surface area (Å²) in [6.45, 7) is 10.0. The number of nitrogens with zero attached hydrogens (tertiary/aromatic N) is 2. The van der Waals surface area contributed by atoms with Crippen molar-refractivity contribution in [2.75, 3.05) is 6.54 Å². The lowest BCUT2D eigenvalue weighted by molar-refractivity contribution is 0.135. The molecule has 0 aromatic carbocycles. The van der Waals surface area contributed by atoms with E-state index in [4.69, 9.17) is 5.26 Å². The van der Waals surface area contributed by atoms with Crippen LogP contribution in [0.15, 0.2) is 0 Å². The Morgan fingerprint density at radius 1 is 1.20 bits per heavy atom. The number of hydrogen-bond donors (Lipinski definition) is 0. The SMILES string of the molecule is CCCCN(C(C)CC)C(CC)CC#N. The van der Waals surface area contributed by atoms with Gasteiger partial charge < -0.3 is 0 Å². The second-order valence-corrected chi connectivity index (χ2v) is 4.27. The van der Waals surface area contributed by atoms with Gasteiger partial charge in [-0.1, -0.05) is 27.2 Å². The molecule has 0 fully saturated rings. The van der Waals surface area contributed by atoms with Crippen LogP contribution in [-0.2, 0) is 0 Å². The zero-order valence-electron chi connectivity index (χ0n) is 10.8. The van der Waals surface area contributed by atoms with Crippen LogP contribution in [0.25, 0.3) is 0 Å². The molecule has 0 N–H and O–H groups in total. The molecule has 0 spiro atoms. The Hall–Kier alpha value is -0.550. The molecule has 0 saturated carbocycles. The average Bonchev–Trinajstić information content (AvgIpc) is 2.27. The predicted octanol–water partition coefficient (Wildman–Crippen LogP) is 3.58. The lowest BCUT2D eigenvalue weighted by atomic mass is 10.1. The summed E-state index contributed by atoms with van der Waals surface area (Å²) >= 11 is 0. The van der Waals surface area contributed by atoms with Crippen LogP contribution in [0.5, 0.6) is 0 Å². The summed E-state index contributed by atoms with van der Waals surface area (Å²) in [5.74, 6) is 0. The van der Waals surface area contributed by atoms with Gasteiger partial charge in [-0.25, -0.2) is 0 Å². The molecule has 0 aromatic heterocycles. The van der Waals surface area contributed by atoms with Gasteiger partial charge in [0.15, 0.2) is 0 Å². The van der Waals surface area contributed by atoms with E-state index in [1.165, 1.54) is 19.3 Å². The highest BCUT2D eigenvalue weighted by molar-refractivity contribution is 4.84. The molecule has 2 heteroatoms. The number of rotatable bonds is 8. The second kappa shape index (κ2) is 8.73. The first-order valence-corrected chi connectivity index (χ1v) is 6.33. The maximum Gasteiger partial charge on any atom is 0.0638 e. The lowest BCUT2D eigenvalue weighted by Gasteiger charge is -2.34. The standard InChI is InChI=1S/C13H26N2/c1-5-8-11-15(12(4)6-2)13(7-3)9-10-14/h12-13H,5-9,11H2,1-4H3. The Morgan fingerprint density at radius 3 is 2.27 bits per heavy atom. The normalized spacial score (nSPS) is 14.9. The first-order valence-electron chi connectivity index (χ1n) is 6.33. The van der Waals surface area contributed by atoms with Crippen molar-refractivity contribution in [2.45, 2.75) is 71.9 Å². The molecule has 2 atom stereocenters. The van der Waals surface area contributed by atoms with Gasteiger partial charge in [-0.05, 0) is 32.7 Å². The highest BCUT2D eigenvalue weighted by atomic mass is 15.2. The monoisotopic (exact) mass is 210 g/mol. The largest absolute Gasteiger partial charge is 0.297 e. The van der Waals surface area contributed by atoms with E-state index in [2.05, 4.69) is 38.7 Å². The Balaban J connectivity index is 4.36. The maximum atomic E-state index is 8.82. The van der Waals surface area contributed by atoms with Gasteiger partial charge in [0.25, 0.3) is 0 Å². The molecule has 0 aromatic rings. The van der Waals surface area contributed by atoms with Gasteiger partial charge in [-0.2, -0.15) is 5.26 Å². The van der Waals surface area contributed by atoms with Crippen LogP contribution in [0.2, 0.25) is 0 Å². The Morgan fingerprint density at radius 2 is 1.87 bits per heavy atom. The molecule has 0 bridgehead atoms. The van der Waals surface area contributed by atoms with E-state index in [1.54, 1.807) is 0 Å². The van der Waals surface area contributed by atoms with E-state index in [-0.39, 0.29) is 0 Å². The molecular formula is C13H26N2. The Kier molecular flexibility index (Phi) is 8.41. The van der Waals surface area contributed by atoms with Crippen molar-refractivity contribution in [3.63, 3.8) is 0 Å². The van der Waals surface area contributed by atoms with Crippen LogP contribution < -0.4 is 0 Å². The minimum Gasteiger partial charge on any atom is -0.297 e. The van der Waals surface area contributed by atoms with Crippen molar-refractivity contribution in [2.24, 2.45) is 0 Å². The summed E-state index contributed by atoms with van der Waals surface area (Å²) in [6.07, 6.45) is 5.40. The minimum atomic E-state index is 0.455. The van der Waals surface area contributed by atoms with Gasteiger partial charge in [-0.15, -0.1) is 0 Å². The van der Waals surface area contributed by atoms with Crippen LogP contribution in [0, 0.1) is 11.3 Å². The van der Waals surface area contributed by atoms with Crippen LogP contribution in [0.3, 0.4) is 0 Å². The number of unbranched alkanes of at least 4 members (excludes halogenated alkanes) is 1. The van der Waals surface area contributed by atoms with Crippen molar-refractivity contribution in [3.05, 3.63) is 0 Å². The molecule has 0 aliphatic rings. The van der Waals surface area contributed by atoms with Gasteiger partial charge >= 0.3 is 0 Å². The highest BCUT2D eigenvalue weighted by Gasteiger charge is 2.20. The molecule has 2 nitrogen and oxygen atoms in total. The zero-order chi connectivity index (χ0) is 11.7. The number of hydrogen-bond acceptors (Lipinski definition) is 2. The van der Waals surface area contributed by atoms with Crippen molar-refractivity contribution in [1.29, 1.82) is 5.26 Å². The third-order valence-corrected chi connectivity index (χ3v) is 3.19. The van der Waals surface area contributed by atoms with Gasteiger partial charge in [-0.3, -0.25) is 4.90 Å². The molecule has 0 amide bonds. The summed E-state index contributed by atoms with van der Waals surface area (Å²) in [5, 5.41) is 8.82. The molecule has 0 rings (SSSR count). The van der Waals surface area contributed by atoms with E-state index in [0.717, 1.165) is 13.0 Å². The average molecular weight is 210 g/mol. The first kappa shape index (κ1) is 14.5. The topological polar surface area (TPSA) is 27.0 Å². The maximum absolute atomic E-state index is 8.82. The summed E-state index contributed by atoms with van der Waals surface area (Å²) in [5.41, 5.74) is 0. The predicted molar refractivity (Wildman–Crippen MR) is 65.7 cm³/mol. The molecular weight excluding hydrogens is 184 g/mol.